The molecule has 11 heteroatoms. The number of hydrogen-bond acceptors (Lipinski definition) is 3. The van der Waals surface area contributed by atoms with Crippen LogP contribution in [0.5, 0.6) is 0 Å². The quantitative estimate of drug-likeness (QED) is 0.743. The van der Waals surface area contributed by atoms with Gasteiger partial charge in [0.1, 0.15) is 4.90 Å². The SMILES string of the molecule is Cc1cc(=O)n(-c2cc(Cl)c(S(=O)(=O)O)cc2Cl)[nH]1.O.O. The van der Waals surface area contributed by atoms with Crippen LogP contribution in [0.25, 0.3) is 5.69 Å². The molecule has 6 N–H and O–H groups in total. The van der Waals surface area contributed by atoms with E-state index in [0.29, 0.717) is 5.69 Å². The lowest BCUT2D eigenvalue weighted by molar-refractivity contribution is 0.483. The molecule has 0 aliphatic heterocycles. The molecule has 0 amide bonds. The number of aromatic nitrogens is 2. The van der Waals surface area contributed by atoms with Gasteiger partial charge in [0.05, 0.1) is 15.7 Å². The van der Waals surface area contributed by atoms with Gasteiger partial charge in [-0.25, -0.2) is 4.68 Å². The maximum Gasteiger partial charge on any atom is 0.296 e. The zero-order valence-electron chi connectivity index (χ0n) is 10.5. The topological polar surface area (TPSA) is 155 Å². The minimum atomic E-state index is -4.47. The highest BCUT2D eigenvalue weighted by atomic mass is 35.5. The van der Waals surface area contributed by atoms with Crippen molar-refractivity contribution in [1.29, 1.82) is 0 Å². The summed E-state index contributed by atoms with van der Waals surface area (Å²) in [6, 6.07) is 3.52. The van der Waals surface area contributed by atoms with Gasteiger partial charge in [-0.2, -0.15) is 8.42 Å². The number of aryl methyl sites for hydroxylation is 1. The summed E-state index contributed by atoms with van der Waals surface area (Å²) >= 11 is 11.7. The third kappa shape index (κ3) is 3.84. The van der Waals surface area contributed by atoms with E-state index in [1.165, 1.54) is 12.1 Å². The minimum Gasteiger partial charge on any atom is -0.412 e. The van der Waals surface area contributed by atoms with E-state index in [1.807, 2.05) is 0 Å². The van der Waals surface area contributed by atoms with E-state index in [0.717, 1.165) is 10.7 Å². The first kappa shape index (κ1) is 19.6. The molecule has 1 heterocycles. The van der Waals surface area contributed by atoms with Crippen molar-refractivity contribution in [2.24, 2.45) is 0 Å². The smallest absolute Gasteiger partial charge is 0.296 e. The molecule has 0 spiro atoms. The monoisotopic (exact) mass is 358 g/mol. The normalized spacial score (nSPS) is 10.7. The van der Waals surface area contributed by atoms with Crippen LogP contribution in [-0.2, 0) is 10.1 Å². The average Bonchev–Trinajstić information content (AvgIpc) is 2.59. The number of rotatable bonds is 2. The van der Waals surface area contributed by atoms with E-state index in [-0.39, 0.29) is 32.2 Å². The number of aromatic amines is 1. The first-order valence-corrected chi connectivity index (χ1v) is 7.15. The number of H-pyrrole nitrogens is 1. The summed E-state index contributed by atoms with van der Waals surface area (Å²) in [5, 5.41) is 2.46. The molecule has 0 bridgehead atoms. The summed E-state index contributed by atoms with van der Waals surface area (Å²) in [7, 11) is -4.47. The molecule has 21 heavy (non-hydrogen) atoms. The van der Waals surface area contributed by atoms with Crippen molar-refractivity contribution >= 4 is 33.3 Å². The summed E-state index contributed by atoms with van der Waals surface area (Å²) < 4.78 is 32.2. The molecule has 1 aromatic heterocycles. The number of hydrogen-bond donors (Lipinski definition) is 2. The molecule has 0 aliphatic rings. The second-order valence-corrected chi connectivity index (χ2v) is 6.03. The third-order valence-corrected chi connectivity index (χ3v) is 3.99. The molecule has 0 radical (unpaired) electrons. The molecule has 8 nitrogen and oxygen atoms in total. The maximum atomic E-state index is 11.6. The first-order valence-electron chi connectivity index (χ1n) is 4.95. The Morgan fingerprint density at radius 3 is 2.14 bits per heavy atom. The minimum absolute atomic E-state index is 0. The molecule has 118 valence electrons. The van der Waals surface area contributed by atoms with Crippen LogP contribution in [0.4, 0.5) is 0 Å². The molecule has 0 saturated carbocycles. The van der Waals surface area contributed by atoms with Gasteiger partial charge < -0.3 is 11.0 Å². The Morgan fingerprint density at radius 1 is 1.14 bits per heavy atom. The zero-order chi connectivity index (χ0) is 14.4. The fraction of sp³-hybridized carbons (Fsp3) is 0.100. The van der Waals surface area contributed by atoms with Crippen molar-refractivity contribution in [3.05, 3.63) is 44.3 Å². The summed E-state index contributed by atoms with van der Waals surface area (Å²) in [5.74, 6) is 0. The molecule has 1 aromatic carbocycles. The van der Waals surface area contributed by atoms with Crippen molar-refractivity contribution in [3.63, 3.8) is 0 Å². The van der Waals surface area contributed by atoms with E-state index in [1.54, 1.807) is 6.92 Å². The van der Waals surface area contributed by atoms with Crippen LogP contribution in [0.2, 0.25) is 10.0 Å². The van der Waals surface area contributed by atoms with Crippen molar-refractivity contribution in [1.82, 2.24) is 9.78 Å². The van der Waals surface area contributed by atoms with E-state index >= 15 is 0 Å². The Bertz CT molecular complexity index is 811. The van der Waals surface area contributed by atoms with Gasteiger partial charge in [-0.15, -0.1) is 0 Å². The van der Waals surface area contributed by atoms with Gasteiger partial charge in [0.15, 0.2) is 0 Å². The predicted octanol–water partition coefficient (Wildman–Crippen LogP) is 0.378. The van der Waals surface area contributed by atoms with E-state index in [2.05, 4.69) is 5.10 Å². The number of halogens is 2. The number of benzene rings is 1. The second kappa shape index (κ2) is 6.60. The van der Waals surface area contributed by atoms with Crippen molar-refractivity contribution in [2.75, 3.05) is 0 Å². The molecule has 2 aromatic rings. The van der Waals surface area contributed by atoms with Gasteiger partial charge in [-0.1, -0.05) is 23.2 Å². The standard InChI is InChI=1S/C10H8Cl2N2O4S.2H2O/c1-5-2-10(15)14(13-5)8-3-7(12)9(4-6(8)11)19(16,17)18;;/h2-4,13H,1H3,(H,16,17,18);2*1H2. The predicted molar refractivity (Wildman–Crippen MR) is 78.2 cm³/mol. The summed E-state index contributed by atoms with van der Waals surface area (Å²) in [6.45, 7) is 1.68. The Labute approximate surface area is 129 Å². The molecule has 2 rings (SSSR count). The van der Waals surface area contributed by atoms with Gasteiger partial charge >= 0.3 is 0 Å². The van der Waals surface area contributed by atoms with Gasteiger partial charge in [-0.05, 0) is 19.1 Å². The molecule has 0 atom stereocenters. The Morgan fingerprint density at radius 2 is 1.71 bits per heavy atom. The highest BCUT2D eigenvalue weighted by Gasteiger charge is 2.19. The molecule has 0 unspecified atom stereocenters. The van der Waals surface area contributed by atoms with Crippen LogP contribution in [0.15, 0.2) is 27.9 Å². The molecule has 0 aliphatic carbocycles. The van der Waals surface area contributed by atoms with E-state index < -0.39 is 15.0 Å². The molecular weight excluding hydrogens is 347 g/mol. The molecule has 0 fully saturated rings. The van der Waals surface area contributed by atoms with Crippen LogP contribution >= 0.6 is 23.2 Å². The number of nitrogens with zero attached hydrogens (tertiary/aromatic N) is 1. The van der Waals surface area contributed by atoms with E-state index in [4.69, 9.17) is 27.8 Å². The van der Waals surface area contributed by atoms with Gasteiger partial charge in [0.25, 0.3) is 15.7 Å². The van der Waals surface area contributed by atoms with Gasteiger partial charge in [0.2, 0.25) is 0 Å². The summed E-state index contributed by atoms with van der Waals surface area (Å²) in [6.07, 6.45) is 0. The van der Waals surface area contributed by atoms with Crippen LogP contribution in [0, 0.1) is 6.92 Å². The van der Waals surface area contributed by atoms with Gasteiger partial charge in [0, 0.05) is 11.8 Å². The highest BCUT2D eigenvalue weighted by molar-refractivity contribution is 7.86. The Hall–Kier alpha value is -1.36. The Balaban J connectivity index is 0.00000200. The first-order chi connectivity index (χ1) is 8.70. The van der Waals surface area contributed by atoms with Crippen molar-refractivity contribution in [2.45, 2.75) is 11.8 Å². The van der Waals surface area contributed by atoms with Crippen molar-refractivity contribution < 1.29 is 23.9 Å². The van der Waals surface area contributed by atoms with Crippen LogP contribution in [0.1, 0.15) is 5.69 Å². The largest absolute Gasteiger partial charge is 0.412 e. The second-order valence-electron chi connectivity index (χ2n) is 3.82. The average molecular weight is 359 g/mol. The van der Waals surface area contributed by atoms with Crippen LogP contribution < -0.4 is 5.56 Å². The lowest BCUT2D eigenvalue weighted by atomic mass is 10.3. The zero-order valence-corrected chi connectivity index (χ0v) is 12.8. The highest BCUT2D eigenvalue weighted by Crippen LogP contribution is 2.30. The fourth-order valence-electron chi connectivity index (χ4n) is 1.58. The third-order valence-electron chi connectivity index (χ3n) is 2.37. The summed E-state index contributed by atoms with van der Waals surface area (Å²) in [4.78, 5) is 11.1. The van der Waals surface area contributed by atoms with Crippen LogP contribution in [-0.4, -0.2) is 33.7 Å². The van der Waals surface area contributed by atoms with Gasteiger partial charge in [-0.3, -0.25) is 14.4 Å². The lowest BCUT2D eigenvalue weighted by Crippen LogP contribution is -2.14. The van der Waals surface area contributed by atoms with Crippen molar-refractivity contribution in [3.8, 4) is 5.69 Å². The number of nitrogens with one attached hydrogen (secondary N) is 1. The Kier molecular flexibility index (Phi) is 6.17. The fourth-order valence-corrected chi connectivity index (χ4v) is 2.91. The van der Waals surface area contributed by atoms with Crippen LogP contribution in [0.3, 0.4) is 0 Å². The molecular formula is C10H12Cl2N2O6S. The van der Waals surface area contributed by atoms with E-state index in [9.17, 15) is 13.2 Å². The molecule has 0 saturated heterocycles. The summed E-state index contributed by atoms with van der Waals surface area (Å²) in [5.41, 5.74) is 0.434. The maximum absolute atomic E-state index is 11.6. The lowest BCUT2D eigenvalue weighted by Gasteiger charge is -2.08.